The fourth-order valence-electron chi connectivity index (χ4n) is 12.2. The number of benzene rings is 2. The molecule has 9 rings (SSSR count). The summed E-state index contributed by atoms with van der Waals surface area (Å²) in [5, 5.41) is 4.47. The molecule has 0 radical (unpaired) electrons. The average Bonchev–Trinajstić information content (AvgIpc) is 3.87. The number of carbonyl (C=O) groups is 2. The van der Waals surface area contributed by atoms with Crippen LogP contribution in [0, 0.1) is 22.7 Å². The molecule has 388 valence electrons. The molecule has 1 saturated carbocycles. The second-order valence-corrected chi connectivity index (χ2v) is 29.7. The van der Waals surface area contributed by atoms with E-state index in [-0.39, 0.29) is 65.6 Å². The lowest BCUT2D eigenvalue weighted by atomic mass is 9.95. The Bertz CT molecular complexity index is 2830. The molecule has 2 aromatic carbocycles. The average molecular weight is 1010 g/mol. The molecule has 3 saturated heterocycles. The highest BCUT2D eigenvalue weighted by atomic mass is 28.3. The molecule has 0 unspecified atom stereocenters. The largest absolute Gasteiger partial charge is 0.472 e. The predicted molar refractivity (Wildman–Crippen MR) is 277 cm³/mol. The zero-order valence-corrected chi connectivity index (χ0v) is 45.3. The molecule has 6 heterocycles. The minimum absolute atomic E-state index is 0.0677. The number of anilines is 2. The van der Waals surface area contributed by atoms with Crippen LogP contribution in [0.3, 0.4) is 0 Å². The summed E-state index contributed by atoms with van der Waals surface area (Å²) >= 11 is 0. The van der Waals surface area contributed by atoms with Gasteiger partial charge in [0.05, 0.1) is 31.3 Å². The molecular weight excluding hydrogens is 940 g/mol. The Morgan fingerprint density at radius 3 is 2.25 bits per heavy atom. The van der Waals surface area contributed by atoms with Gasteiger partial charge in [0, 0.05) is 53.7 Å². The van der Waals surface area contributed by atoms with E-state index in [1.54, 1.807) is 31.7 Å². The first kappa shape index (κ1) is 51.6. The van der Waals surface area contributed by atoms with Crippen LogP contribution in [0.4, 0.5) is 34.3 Å². The van der Waals surface area contributed by atoms with Crippen LogP contribution < -0.4 is 19.7 Å². The quantitative estimate of drug-likeness (QED) is 0.120. The minimum atomic E-state index is -2.73. The van der Waals surface area contributed by atoms with Gasteiger partial charge in [-0.1, -0.05) is 59.6 Å². The first-order valence-electron chi connectivity index (χ1n) is 25.9. The van der Waals surface area contributed by atoms with Gasteiger partial charge < -0.3 is 23.8 Å². The predicted octanol–water partition coefficient (Wildman–Crippen LogP) is 12.1. The van der Waals surface area contributed by atoms with Crippen molar-refractivity contribution < 1.29 is 41.7 Å². The van der Waals surface area contributed by atoms with Gasteiger partial charge >= 0.3 is 18.2 Å². The molecule has 2 amide bonds. The van der Waals surface area contributed by atoms with Gasteiger partial charge in [-0.05, 0) is 114 Å². The third kappa shape index (κ3) is 9.90. The van der Waals surface area contributed by atoms with Crippen LogP contribution in [0.2, 0.25) is 16.6 Å². The number of likely N-dealkylation sites (tertiary alicyclic amines) is 1. The normalized spacial score (nSPS) is 22.4. The number of pyridine rings is 1. The van der Waals surface area contributed by atoms with E-state index in [1.807, 2.05) is 56.9 Å². The molecule has 1 aliphatic carbocycles. The zero-order chi connectivity index (χ0) is 52.0. The van der Waals surface area contributed by atoms with Crippen LogP contribution in [0.5, 0.6) is 11.9 Å². The van der Waals surface area contributed by atoms with Crippen molar-refractivity contribution in [1.82, 2.24) is 24.8 Å². The van der Waals surface area contributed by atoms with Crippen molar-refractivity contribution in [3.8, 4) is 34.6 Å². The number of aromatic nitrogens is 3. The smallest absolute Gasteiger partial charge is 0.412 e. The van der Waals surface area contributed by atoms with Gasteiger partial charge in [-0.3, -0.25) is 15.1 Å². The number of fused-ring (bicyclic) bond motifs is 6. The molecule has 72 heavy (non-hydrogen) atoms. The van der Waals surface area contributed by atoms with E-state index < -0.39 is 55.3 Å². The number of amides is 2. The molecule has 5 aliphatic rings. The third-order valence-corrected chi connectivity index (χ3v) is 21.8. The Morgan fingerprint density at radius 2 is 1.62 bits per heavy atom. The maximum Gasteiger partial charge on any atom is 0.412 e. The molecule has 4 aliphatic heterocycles. The van der Waals surface area contributed by atoms with Gasteiger partial charge in [0.2, 0.25) is 5.88 Å². The number of ether oxygens (including phenoxy) is 4. The van der Waals surface area contributed by atoms with Gasteiger partial charge in [-0.15, -0.1) is 5.54 Å². The topological polar surface area (TPSA) is 131 Å². The summed E-state index contributed by atoms with van der Waals surface area (Å²) in [6.45, 7) is 27.3. The van der Waals surface area contributed by atoms with Gasteiger partial charge in [0.15, 0.2) is 5.82 Å². The van der Waals surface area contributed by atoms with Crippen LogP contribution >= 0.6 is 0 Å². The van der Waals surface area contributed by atoms with E-state index >= 15 is 4.39 Å². The molecule has 2 aromatic heterocycles. The first-order chi connectivity index (χ1) is 33.7. The molecular formula is C55H72F3N7O6Si. The molecule has 0 spiro atoms. The Hall–Kier alpha value is -5.34. The highest BCUT2D eigenvalue weighted by molar-refractivity contribution is 6.90. The Labute approximate surface area is 423 Å². The third-order valence-electron chi connectivity index (χ3n) is 15.5. The van der Waals surface area contributed by atoms with Crippen molar-refractivity contribution in [3.63, 3.8) is 0 Å². The fourth-order valence-corrected chi connectivity index (χ4v) is 17.5. The number of hydrogen-bond donors (Lipinski definition) is 1. The number of rotatable bonds is 10. The van der Waals surface area contributed by atoms with E-state index in [2.05, 4.69) is 63.2 Å². The van der Waals surface area contributed by atoms with Crippen molar-refractivity contribution in [2.45, 2.75) is 180 Å². The van der Waals surface area contributed by atoms with Crippen molar-refractivity contribution in [1.29, 1.82) is 0 Å². The van der Waals surface area contributed by atoms with Crippen molar-refractivity contribution in [2.24, 2.45) is 5.41 Å². The lowest BCUT2D eigenvalue weighted by molar-refractivity contribution is 0.000856. The summed E-state index contributed by atoms with van der Waals surface area (Å²) in [6.07, 6.45) is 1.11. The van der Waals surface area contributed by atoms with Crippen molar-refractivity contribution in [3.05, 3.63) is 41.7 Å². The number of carbonyl (C=O) groups excluding carboxylic acids is 2. The Morgan fingerprint density at radius 1 is 0.931 bits per heavy atom. The maximum atomic E-state index is 18.4. The van der Waals surface area contributed by atoms with E-state index in [4.69, 9.17) is 33.9 Å². The zero-order valence-electron chi connectivity index (χ0n) is 44.3. The van der Waals surface area contributed by atoms with E-state index in [9.17, 15) is 18.4 Å². The monoisotopic (exact) mass is 1010 g/mol. The highest BCUT2D eigenvalue weighted by Crippen LogP contribution is 2.50. The molecule has 13 nitrogen and oxygen atoms in total. The van der Waals surface area contributed by atoms with Gasteiger partial charge in [-0.25, -0.2) is 27.7 Å². The summed E-state index contributed by atoms with van der Waals surface area (Å²) in [5.41, 5.74) is 4.26. The Kier molecular flexibility index (Phi) is 13.3. The summed E-state index contributed by atoms with van der Waals surface area (Å²) in [5.74, 6) is 0.613. The minimum Gasteiger partial charge on any atom is -0.472 e. The molecule has 17 heteroatoms. The fraction of sp³-hybridized carbons (Fsp3) is 0.618. The van der Waals surface area contributed by atoms with Crippen LogP contribution in [0.15, 0.2) is 30.3 Å². The lowest BCUT2D eigenvalue weighted by Gasteiger charge is -2.48. The molecule has 1 N–H and O–H groups in total. The number of hydrogen-bond acceptors (Lipinski definition) is 11. The number of piperazine rings is 1. The van der Waals surface area contributed by atoms with Crippen molar-refractivity contribution >= 4 is 53.4 Å². The van der Waals surface area contributed by atoms with Crippen LogP contribution in [-0.2, 0) is 9.47 Å². The summed E-state index contributed by atoms with van der Waals surface area (Å²) in [6, 6.07) is 8.19. The van der Waals surface area contributed by atoms with Gasteiger partial charge in [0.25, 0.3) is 5.92 Å². The summed E-state index contributed by atoms with van der Waals surface area (Å²) in [7, 11) is -2.26. The number of nitrogens with one attached hydrogen (secondary N) is 1. The standard InChI is InChI=1S/C55H72F3N7O6Si/c1-31(2)72(32(3)4,33(5)6)24-19-35-15-14-16-36-25-37(59-50(66)70-52(8,9)10)26-39(41(35)36)44-43(56)45-42-47(62-49(61-45)68-30-54(20-21-54)28-63-23-22-55(57,58)29-63)64-27-38-17-18-40(46(64)34(7)69-48(42)60-44)65(38)51(67)71-53(11,12)13/h14-16,25-26,31-34,38,40,46H,17-18,20-23,27-30H2,1-13H3,(H,59,66)/t34-,38+,40-,46+/m0/s1. The molecule has 2 bridgehead atoms. The van der Waals surface area contributed by atoms with E-state index in [0.29, 0.717) is 76.1 Å². The number of alkyl halides is 2. The van der Waals surface area contributed by atoms with E-state index in [1.165, 1.54) is 0 Å². The summed E-state index contributed by atoms with van der Waals surface area (Å²) in [4.78, 5) is 48.1. The highest BCUT2D eigenvalue weighted by Gasteiger charge is 2.54. The Balaban J connectivity index is 1.23. The van der Waals surface area contributed by atoms with Gasteiger partial charge in [0.1, 0.15) is 47.8 Å². The van der Waals surface area contributed by atoms with Crippen LogP contribution in [-0.4, -0.2) is 119 Å². The van der Waals surface area contributed by atoms with Crippen LogP contribution in [0.25, 0.3) is 32.9 Å². The van der Waals surface area contributed by atoms with Gasteiger partial charge in [-0.2, -0.15) is 9.97 Å². The van der Waals surface area contributed by atoms with Crippen molar-refractivity contribution in [2.75, 3.05) is 43.0 Å². The second kappa shape index (κ2) is 18.5. The SMILES string of the molecule is CC(C)[Si](C#Cc1cccc2cc(NC(=O)OC(C)(C)C)cc(-c3nc4c5c(nc(OCC6(CN7CCC(F)(F)C7)CC6)nc5c3F)N3C[C@H]5CC[C@@H]([C@H]3[C@H](C)O4)N5C(=O)OC(C)(C)C)c12)(C(C)C)C(C)C. The second-order valence-electron chi connectivity index (χ2n) is 24.1. The summed E-state index contributed by atoms with van der Waals surface area (Å²) < 4.78 is 72.1. The van der Waals surface area contributed by atoms with E-state index in [0.717, 1.165) is 19.3 Å². The molecule has 4 fully saturated rings. The first-order valence-corrected chi connectivity index (χ1v) is 28.1. The number of halogens is 3. The molecule has 4 aromatic rings. The number of nitrogens with zero attached hydrogens (tertiary/aromatic N) is 6. The maximum absolute atomic E-state index is 18.4. The molecule has 4 atom stereocenters. The van der Waals surface area contributed by atoms with Crippen LogP contribution in [0.1, 0.15) is 128 Å². The lowest BCUT2D eigenvalue weighted by Crippen LogP contribution is -2.65.